The van der Waals surface area contributed by atoms with E-state index in [0.717, 1.165) is 5.69 Å². The highest BCUT2D eigenvalue weighted by molar-refractivity contribution is 5.90. The summed E-state index contributed by atoms with van der Waals surface area (Å²) in [5, 5.41) is 22.0. The van der Waals surface area contributed by atoms with E-state index in [9.17, 15) is 9.59 Å². The predicted octanol–water partition coefficient (Wildman–Crippen LogP) is 0.856. The Morgan fingerprint density at radius 1 is 1.20 bits per heavy atom. The second-order valence-corrected chi connectivity index (χ2v) is 4.10. The molecule has 104 valence electrons. The lowest BCUT2D eigenvalue weighted by molar-refractivity contribution is -0.137. The van der Waals surface area contributed by atoms with Crippen LogP contribution in [0.3, 0.4) is 0 Å². The first-order chi connectivity index (χ1) is 9.65. The van der Waals surface area contributed by atoms with E-state index in [1.165, 1.54) is 11.0 Å². The summed E-state index contributed by atoms with van der Waals surface area (Å²) >= 11 is 0. The van der Waals surface area contributed by atoms with E-state index in [1.54, 1.807) is 24.3 Å². The molecule has 0 spiro atoms. The van der Waals surface area contributed by atoms with Crippen LogP contribution in [-0.4, -0.2) is 37.2 Å². The number of hydrogen-bond acceptors (Lipinski definition) is 5. The van der Waals surface area contributed by atoms with Gasteiger partial charge in [-0.05, 0) is 41.1 Å². The first-order valence-electron chi connectivity index (χ1n) is 6.00. The molecule has 1 aromatic carbocycles. The smallest absolute Gasteiger partial charge is 0.303 e. The van der Waals surface area contributed by atoms with Crippen molar-refractivity contribution < 1.29 is 14.7 Å². The normalized spacial score (nSPS) is 10.2. The molecule has 8 nitrogen and oxygen atoms in total. The van der Waals surface area contributed by atoms with Gasteiger partial charge in [-0.2, -0.15) is 0 Å². The van der Waals surface area contributed by atoms with Gasteiger partial charge in [0.05, 0.1) is 5.69 Å². The summed E-state index contributed by atoms with van der Waals surface area (Å²) < 4.78 is 1.50. The first kappa shape index (κ1) is 13.7. The maximum absolute atomic E-state index is 11.6. The highest BCUT2D eigenvalue weighted by Crippen LogP contribution is 2.12. The van der Waals surface area contributed by atoms with Crippen LogP contribution in [0.4, 0.5) is 5.69 Å². The Labute approximate surface area is 114 Å². The lowest BCUT2D eigenvalue weighted by atomic mass is 10.2. The molecule has 20 heavy (non-hydrogen) atoms. The number of tetrazole rings is 1. The average Bonchev–Trinajstić information content (AvgIpc) is 2.93. The zero-order valence-corrected chi connectivity index (χ0v) is 10.6. The van der Waals surface area contributed by atoms with Crippen LogP contribution in [0.25, 0.3) is 5.69 Å². The molecule has 2 N–H and O–H groups in total. The van der Waals surface area contributed by atoms with Gasteiger partial charge in [-0.3, -0.25) is 9.59 Å². The molecule has 0 aliphatic carbocycles. The predicted molar refractivity (Wildman–Crippen MR) is 69.3 cm³/mol. The second kappa shape index (κ2) is 6.41. The number of benzene rings is 1. The highest BCUT2D eigenvalue weighted by atomic mass is 16.4. The fraction of sp³-hybridized carbons (Fsp3) is 0.250. The van der Waals surface area contributed by atoms with Crippen LogP contribution in [-0.2, 0) is 9.59 Å². The molecule has 0 aliphatic rings. The van der Waals surface area contributed by atoms with Crippen molar-refractivity contribution in [1.82, 2.24) is 20.2 Å². The molecule has 2 aromatic rings. The molecule has 0 aliphatic heterocycles. The molecule has 0 atom stereocenters. The van der Waals surface area contributed by atoms with E-state index in [4.69, 9.17) is 5.11 Å². The van der Waals surface area contributed by atoms with Crippen molar-refractivity contribution in [3.63, 3.8) is 0 Å². The van der Waals surface area contributed by atoms with Crippen LogP contribution < -0.4 is 5.32 Å². The number of carboxylic acid groups (broad SMARTS) is 1. The summed E-state index contributed by atoms with van der Waals surface area (Å²) in [7, 11) is 0. The minimum atomic E-state index is -0.899. The number of carbonyl (C=O) groups excluding carboxylic acids is 1. The fourth-order valence-corrected chi connectivity index (χ4v) is 1.60. The zero-order chi connectivity index (χ0) is 14.4. The minimum Gasteiger partial charge on any atom is -0.481 e. The van der Waals surface area contributed by atoms with Gasteiger partial charge in [-0.15, -0.1) is 5.10 Å². The lowest BCUT2D eigenvalue weighted by Gasteiger charge is -2.05. The molecule has 8 heteroatoms. The largest absolute Gasteiger partial charge is 0.481 e. The van der Waals surface area contributed by atoms with Crippen molar-refractivity contribution in [2.75, 3.05) is 5.32 Å². The van der Waals surface area contributed by atoms with E-state index in [1.807, 2.05) is 0 Å². The number of carboxylic acids is 1. The first-order valence-corrected chi connectivity index (χ1v) is 6.00. The summed E-state index contributed by atoms with van der Waals surface area (Å²) in [4.78, 5) is 21.9. The maximum atomic E-state index is 11.6. The molecular weight excluding hydrogens is 262 g/mol. The van der Waals surface area contributed by atoms with E-state index in [0.29, 0.717) is 12.1 Å². The van der Waals surface area contributed by atoms with E-state index in [2.05, 4.69) is 20.8 Å². The van der Waals surface area contributed by atoms with Gasteiger partial charge in [-0.1, -0.05) is 0 Å². The molecule has 1 heterocycles. The Morgan fingerprint density at radius 2 is 1.95 bits per heavy atom. The molecule has 0 fully saturated rings. The molecule has 2 rings (SSSR count). The quantitative estimate of drug-likeness (QED) is 0.808. The minimum absolute atomic E-state index is 0.00828. The van der Waals surface area contributed by atoms with Crippen LogP contribution in [0, 0.1) is 0 Å². The van der Waals surface area contributed by atoms with E-state index < -0.39 is 5.97 Å². The average molecular weight is 275 g/mol. The molecule has 0 saturated heterocycles. The van der Waals surface area contributed by atoms with Crippen molar-refractivity contribution in [1.29, 1.82) is 0 Å². The third-order valence-electron chi connectivity index (χ3n) is 2.56. The SMILES string of the molecule is O=C(O)CCCC(=O)Nc1ccc(-n2cnnn2)cc1. The molecule has 1 amide bonds. The third-order valence-corrected chi connectivity index (χ3v) is 2.56. The topological polar surface area (TPSA) is 110 Å². The van der Waals surface area contributed by atoms with Crippen LogP contribution in [0.5, 0.6) is 0 Å². The van der Waals surface area contributed by atoms with Gasteiger partial charge >= 0.3 is 5.97 Å². The van der Waals surface area contributed by atoms with Gasteiger partial charge < -0.3 is 10.4 Å². The Bertz CT molecular complexity index is 580. The van der Waals surface area contributed by atoms with Gasteiger partial charge in [0, 0.05) is 18.5 Å². The van der Waals surface area contributed by atoms with Crippen molar-refractivity contribution >= 4 is 17.6 Å². The van der Waals surface area contributed by atoms with Gasteiger partial charge in [0.25, 0.3) is 0 Å². The number of aliphatic carboxylic acids is 1. The number of amides is 1. The summed E-state index contributed by atoms with van der Waals surface area (Å²) in [5.74, 6) is -1.11. The third kappa shape index (κ3) is 3.87. The zero-order valence-electron chi connectivity index (χ0n) is 10.6. The maximum Gasteiger partial charge on any atom is 0.303 e. The van der Waals surface area contributed by atoms with Crippen molar-refractivity contribution in [2.24, 2.45) is 0 Å². The van der Waals surface area contributed by atoms with Gasteiger partial charge in [0.2, 0.25) is 5.91 Å². The van der Waals surface area contributed by atoms with Gasteiger partial charge in [0.15, 0.2) is 0 Å². The Balaban J connectivity index is 1.87. The second-order valence-electron chi connectivity index (χ2n) is 4.10. The standard InChI is InChI=1S/C12H13N5O3/c18-11(2-1-3-12(19)20)14-9-4-6-10(7-5-9)17-8-13-15-16-17/h4-8H,1-3H2,(H,14,18)(H,19,20). The highest BCUT2D eigenvalue weighted by Gasteiger charge is 2.05. The van der Waals surface area contributed by atoms with Crippen LogP contribution in [0.1, 0.15) is 19.3 Å². The number of carbonyl (C=O) groups is 2. The number of nitrogens with one attached hydrogen (secondary N) is 1. The Hall–Kier alpha value is -2.77. The summed E-state index contributed by atoms with van der Waals surface area (Å²) in [5.41, 5.74) is 1.42. The Morgan fingerprint density at radius 3 is 2.55 bits per heavy atom. The van der Waals surface area contributed by atoms with E-state index in [-0.39, 0.29) is 18.7 Å². The number of hydrogen-bond donors (Lipinski definition) is 2. The summed E-state index contributed by atoms with van der Waals surface area (Å²) in [6.07, 6.45) is 1.97. The summed E-state index contributed by atoms with van der Waals surface area (Å²) in [6.45, 7) is 0. The number of rotatable bonds is 6. The molecule has 0 radical (unpaired) electrons. The van der Waals surface area contributed by atoms with Crippen molar-refractivity contribution in [3.05, 3.63) is 30.6 Å². The van der Waals surface area contributed by atoms with E-state index >= 15 is 0 Å². The summed E-state index contributed by atoms with van der Waals surface area (Å²) in [6, 6.07) is 6.99. The van der Waals surface area contributed by atoms with Gasteiger partial charge in [0.1, 0.15) is 6.33 Å². The van der Waals surface area contributed by atoms with Crippen molar-refractivity contribution in [2.45, 2.75) is 19.3 Å². The fourth-order valence-electron chi connectivity index (χ4n) is 1.60. The van der Waals surface area contributed by atoms with Crippen LogP contribution in [0.15, 0.2) is 30.6 Å². The number of nitrogens with zero attached hydrogens (tertiary/aromatic N) is 4. The lowest BCUT2D eigenvalue weighted by Crippen LogP contribution is -2.11. The van der Waals surface area contributed by atoms with Gasteiger partial charge in [-0.25, -0.2) is 4.68 Å². The molecule has 0 bridgehead atoms. The van der Waals surface area contributed by atoms with Crippen LogP contribution >= 0.6 is 0 Å². The van der Waals surface area contributed by atoms with Crippen LogP contribution in [0.2, 0.25) is 0 Å². The molecule has 0 saturated carbocycles. The monoisotopic (exact) mass is 275 g/mol. The number of anilines is 1. The molecular formula is C12H13N5O3. The Kier molecular flexibility index (Phi) is 4.38. The van der Waals surface area contributed by atoms with Crippen molar-refractivity contribution in [3.8, 4) is 5.69 Å². The number of aromatic nitrogens is 4. The molecule has 1 aromatic heterocycles. The molecule has 0 unspecified atom stereocenters.